The lowest BCUT2D eigenvalue weighted by molar-refractivity contribution is 0.131. The molecule has 0 bridgehead atoms. The summed E-state index contributed by atoms with van der Waals surface area (Å²) in [4.78, 5) is 0. The Morgan fingerprint density at radius 2 is 1.81 bits per heavy atom. The average Bonchev–Trinajstić information content (AvgIpc) is 2.28. The number of hydrogen-bond donors (Lipinski definition) is 0. The maximum absolute atomic E-state index is 5.62. The molecule has 0 aliphatic rings. The summed E-state index contributed by atoms with van der Waals surface area (Å²) in [6, 6.07) is 5.88. The number of benzene rings is 1. The van der Waals surface area contributed by atoms with E-state index in [2.05, 4.69) is 0 Å². The van der Waals surface area contributed by atoms with Gasteiger partial charge in [-0.2, -0.15) is 0 Å². The number of rotatable bonds is 7. The van der Waals surface area contributed by atoms with Crippen molar-refractivity contribution in [3.8, 4) is 11.5 Å². The predicted octanol–water partition coefficient (Wildman–Crippen LogP) is 2.81. The molecular formula is C13H20O3. The lowest BCUT2D eigenvalue weighted by Crippen LogP contribution is -2.03. The molecule has 1 aromatic rings. The predicted molar refractivity (Wildman–Crippen MR) is 64.3 cm³/mol. The van der Waals surface area contributed by atoms with E-state index in [1.54, 1.807) is 7.11 Å². The van der Waals surface area contributed by atoms with Gasteiger partial charge in [-0.15, -0.1) is 0 Å². The van der Waals surface area contributed by atoms with E-state index in [4.69, 9.17) is 14.2 Å². The highest BCUT2D eigenvalue weighted by Crippen LogP contribution is 2.22. The van der Waals surface area contributed by atoms with Crippen molar-refractivity contribution < 1.29 is 14.2 Å². The molecule has 0 spiro atoms. The van der Waals surface area contributed by atoms with E-state index in [1.165, 1.54) is 0 Å². The van der Waals surface area contributed by atoms with Crippen LogP contribution in [0.3, 0.4) is 0 Å². The van der Waals surface area contributed by atoms with Gasteiger partial charge in [0.1, 0.15) is 11.5 Å². The number of methoxy groups -OCH3 is 1. The molecule has 16 heavy (non-hydrogen) atoms. The summed E-state index contributed by atoms with van der Waals surface area (Å²) in [5.41, 5.74) is 1.14. The molecular weight excluding hydrogens is 204 g/mol. The van der Waals surface area contributed by atoms with Crippen molar-refractivity contribution in [1.82, 2.24) is 0 Å². The molecule has 90 valence electrons. The molecule has 0 N–H and O–H groups in total. The maximum Gasteiger partial charge on any atom is 0.123 e. The van der Waals surface area contributed by atoms with E-state index in [-0.39, 0.29) is 0 Å². The standard InChI is InChI=1S/C13H20O3/c1-4-15-6-5-7-16-13-9-11(2)8-12(10-13)14-3/h8-10H,4-7H2,1-3H3. The van der Waals surface area contributed by atoms with Crippen LogP contribution in [0, 0.1) is 6.92 Å². The quantitative estimate of drug-likeness (QED) is 0.666. The third-order valence-corrected chi connectivity index (χ3v) is 2.17. The molecule has 0 aliphatic carbocycles. The second-order valence-electron chi connectivity index (χ2n) is 3.58. The highest BCUT2D eigenvalue weighted by molar-refractivity contribution is 5.37. The Balaban J connectivity index is 2.38. The zero-order valence-electron chi connectivity index (χ0n) is 10.3. The van der Waals surface area contributed by atoms with Gasteiger partial charge in [-0.3, -0.25) is 0 Å². The van der Waals surface area contributed by atoms with Gasteiger partial charge in [0.05, 0.1) is 13.7 Å². The average molecular weight is 224 g/mol. The zero-order chi connectivity index (χ0) is 11.8. The van der Waals surface area contributed by atoms with Gasteiger partial charge < -0.3 is 14.2 Å². The molecule has 0 saturated carbocycles. The number of hydrogen-bond acceptors (Lipinski definition) is 3. The molecule has 0 aliphatic heterocycles. The van der Waals surface area contributed by atoms with Gasteiger partial charge in [0.25, 0.3) is 0 Å². The normalized spacial score (nSPS) is 10.2. The largest absolute Gasteiger partial charge is 0.497 e. The van der Waals surface area contributed by atoms with Crippen LogP contribution in [0.4, 0.5) is 0 Å². The number of aryl methyl sites for hydroxylation is 1. The van der Waals surface area contributed by atoms with Gasteiger partial charge in [0.15, 0.2) is 0 Å². The molecule has 1 rings (SSSR count). The molecule has 0 fully saturated rings. The fraction of sp³-hybridized carbons (Fsp3) is 0.538. The smallest absolute Gasteiger partial charge is 0.123 e. The number of ether oxygens (including phenoxy) is 3. The lowest BCUT2D eigenvalue weighted by Gasteiger charge is -2.09. The SMILES string of the molecule is CCOCCCOc1cc(C)cc(OC)c1. The van der Waals surface area contributed by atoms with Crippen LogP contribution in [0.2, 0.25) is 0 Å². The molecule has 0 unspecified atom stereocenters. The van der Waals surface area contributed by atoms with Crippen molar-refractivity contribution >= 4 is 0 Å². The molecule has 0 radical (unpaired) electrons. The molecule has 0 atom stereocenters. The van der Waals surface area contributed by atoms with Gasteiger partial charge in [-0.1, -0.05) is 0 Å². The van der Waals surface area contributed by atoms with Gasteiger partial charge in [0.2, 0.25) is 0 Å². The van der Waals surface area contributed by atoms with Crippen LogP contribution in [-0.4, -0.2) is 26.9 Å². The Kier molecular flexibility index (Phi) is 5.72. The Labute approximate surface area is 97.3 Å². The topological polar surface area (TPSA) is 27.7 Å². The Morgan fingerprint density at radius 3 is 2.50 bits per heavy atom. The van der Waals surface area contributed by atoms with E-state index in [0.29, 0.717) is 6.61 Å². The fourth-order valence-corrected chi connectivity index (χ4v) is 1.41. The van der Waals surface area contributed by atoms with E-state index in [1.807, 2.05) is 32.0 Å². The van der Waals surface area contributed by atoms with Crippen LogP contribution >= 0.6 is 0 Å². The molecule has 3 heteroatoms. The summed E-state index contributed by atoms with van der Waals surface area (Å²) in [7, 11) is 1.66. The van der Waals surface area contributed by atoms with E-state index in [9.17, 15) is 0 Å². The summed E-state index contributed by atoms with van der Waals surface area (Å²) in [5.74, 6) is 1.69. The van der Waals surface area contributed by atoms with Crippen LogP contribution in [-0.2, 0) is 4.74 Å². The highest BCUT2D eigenvalue weighted by Gasteiger charge is 1.99. The van der Waals surface area contributed by atoms with Crippen molar-refractivity contribution in [3.05, 3.63) is 23.8 Å². The summed E-state index contributed by atoms with van der Waals surface area (Å²) in [5, 5.41) is 0. The van der Waals surface area contributed by atoms with Crippen LogP contribution < -0.4 is 9.47 Å². The second-order valence-corrected chi connectivity index (χ2v) is 3.58. The van der Waals surface area contributed by atoms with Crippen molar-refractivity contribution in [2.24, 2.45) is 0 Å². The summed E-state index contributed by atoms with van der Waals surface area (Å²) >= 11 is 0. The lowest BCUT2D eigenvalue weighted by atomic mass is 10.2. The van der Waals surface area contributed by atoms with Crippen molar-refractivity contribution in [1.29, 1.82) is 0 Å². The minimum atomic E-state index is 0.673. The molecule has 1 aromatic carbocycles. The molecule has 3 nitrogen and oxygen atoms in total. The fourth-order valence-electron chi connectivity index (χ4n) is 1.41. The Bertz CT molecular complexity index is 310. The first-order valence-electron chi connectivity index (χ1n) is 5.62. The Morgan fingerprint density at radius 1 is 1.06 bits per heavy atom. The maximum atomic E-state index is 5.62. The van der Waals surface area contributed by atoms with Crippen molar-refractivity contribution in [2.75, 3.05) is 26.9 Å². The third-order valence-electron chi connectivity index (χ3n) is 2.17. The highest BCUT2D eigenvalue weighted by atomic mass is 16.5. The summed E-state index contributed by atoms with van der Waals surface area (Å²) < 4.78 is 16.0. The molecule has 0 heterocycles. The van der Waals surface area contributed by atoms with Crippen molar-refractivity contribution in [3.63, 3.8) is 0 Å². The first kappa shape index (κ1) is 12.8. The minimum absolute atomic E-state index is 0.673. The van der Waals surface area contributed by atoms with E-state index < -0.39 is 0 Å². The first-order valence-corrected chi connectivity index (χ1v) is 5.62. The van der Waals surface area contributed by atoms with Gasteiger partial charge in [-0.25, -0.2) is 0 Å². The minimum Gasteiger partial charge on any atom is -0.497 e. The Hall–Kier alpha value is -1.22. The van der Waals surface area contributed by atoms with Crippen molar-refractivity contribution in [2.45, 2.75) is 20.3 Å². The molecule has 0 saturated heterocycles. The monoisotopic (exact) mass is 224 g/mol. The van der Waals surface area contributed by atoms with Crippen LogP contribution in [0.25, 0.3) is 0 Å². The molecule has 0 amide bonds. The van der Waals surface area contributed by atoms with Crippen LogP contribution in [0.15, 0.2) is 18.2 Å². The third kappa shape index (κ3) is 4.53. The second kappa shape index (κ2) is 7.12. The van der Waals surface area contributed by atoms with E-state index in [0.717, 1.165) is 36.7 Å². The summed E-state index contributed by atoms with van der Waals surface area (Å²) in [6.07, 6.45) is 0.907. The van der Waals surface area contributed by atoms with E-state index >= 15 is 0 Å². The van der Waals surface area contributed by atoms with Crippen LogP contribution in [0.5, 0.6) is 11.5 Å². The first-order chi connectivity index (χ1) is 7.76. The molecule has 0 aromatic heterocycles. The zero-order valence-corrected chi connectivity index (χ0v) is 10.3. The van der Waals surface area contributed by atoms with Gasteiger partial charge >= 0.3 is 0 Å². The van der Waals surface area contributed by atoms with Crippen LogP contribution in [0.1, 0.15) is 18.9 Å². The summed E-state index contributed by atoms with van der Waals surface area (Å²) in [6.45, 7) is 6.20. The van der Waals surface area contributed by atoms with Gasteiger partial charge in [-0.05, 0) is 31.5 Å². The van der Waals surface area contributed by atoms with Gasteiger partial charge in [0, 0.05) is 25.7 Å².